The minimum absolute atomic E-state index is 0.179. The SMILES string of the molecule is O=C1CC(CC2=NCCS2)N1. The third kappa shape index (κ3) is 1.56. The highest BCUT2D eigenvalue weighted by Crippen LogP contribution is 2.19. The van der Waals surface area contributed by atoms with Crippen molar-refractivity contribution in [1.29, 1.82) is 0 Å². The van der Waals surface area contributed by atoms with Crippen molar-refractivity contribution >= 4 is 22.7 Å². The Morgan fingerprint density at radius 2 is 2.55 bits per heavy atom. The first-order valence-electron chi connectivity index (χ1n) is 3.80. The fourth-order valence-corrected chi connectivity index (χ4v) is 2.19. The minimum Gasteiger partial charge on any atom is -0.352 e. The second-order valence-corrected chi connectivity index (χ2v) is 3.96. The van der Waals surface area contributed by atoms with Gasteiger partial charge in [0, 0.05) is 31.2 Å². The van der Waals surface area contributed by atoms with Crippen LogP contribution in [0.1, 0.15) is 12.8 Å². The Bertz CT molecular complexity index is 206. The van der Waals surface area contributed by atoms with Gasteiger partial charge < -0.3 is 5.32 Å². The van der Waals surface area contributed by atoms with Crippen LogP contribution in [0.3, 0.4) is 0 Å². The van der Waals surface area contributed by atoms with Crippen LogP contribution >= 0.6 is 11.8 Å². The maximum absolute atomic E-state index is 10.5. The number of β-lactam (4-membered cyclic amide) rings is 1. The largest absolute Gasteiger partial charge is 0.352 e. The number of thioether (sulfide) groups is 1. The molecule has 2 aliphatic heterocycles. The predicted molar refractivity (Wildman–Crippen MR) is 45.9 cm³/mol. The minimum atomic E-state index is 0.179. The first-order valence-corrected chi connectivity index (χ1v) is 4.78. The summed E-state index contributed by atoms with van der Waals surface area (Å²) < 4.78 is 0. The number of nitrogens with one attached hydrogen (secondary N) is 1. The fraction of sp³-hybridized carbons (Fsp3) is 0.714. The lowest BCUT2D eigenvalue weighted by Gasteiger charge is -2.26. The molecule has 2 rings (SSSR count). The predicted octanol–water partition coefficient (Wildman–Crippen LogP) is 0.410. The van der Waals surface area contributed by atoms with E-state index in [9.17, 15) is 4.79 Å². The normalized spacial score (nSPS) is 29.3. The first kappa shape index (κ1) is 7.16. The molecule has 60 valence electrons. The van der Waals surface area contributed by atoms with Crippen LogP contribution in [0.25, 0.3) is 0 Å². The molecule has 1 amide bonds. The molecule has 3 nitrogen and oxygen atoms in total. The van der Waals surface area contributed by atoms with Crippen molar-refractivity contribution < 1.29 is 4.79 Å². The molecule has 0 aromatic rings. The average molecular weight is 170 g/mol. The number of amides is 1. The van der Waals surface area contributed by atoms with Gasteiger partial charge in [-0.1, -0.05) is 0 Å². The van der Waals surface area contributed by atoms with Crippen LogP contribution in [0, 0.1) is 0 Å². The van der Waals surface area contributed by atoms with E-state index in [0.29, 0.717) is 12.5 Å². The van der Waals surface area contributed by atoms with Crippen LogP contribution in [-0.2, 0) is 4.79 Å². The lowest BCUT2D eigenvalue weighted by Crippen LogP contribution is -2.49. The van der Waals surface area contributed by atoms with Gasteiger partial charge in [0.1, 0.15) is 0 Å². The van der Waals surface area contributed by atoms with E-state index in [1.807, 2.05) is 11.8 Å². The topological polar surface area (TPSA) is 41.5 Å². The second-order valence-electron chi connectivity index (χ2n) is 2.80. The Labute approximate surface area is 69.6 Å². The van der Waals surface area contributed by atoms with E-state index in [2.05, 4.69) is 10.3 Å². The molecule has 2 aliphatic rings. The first-order chi connectivity index (χ1) is 5.34. The van der Waals surface area contributed by atoms with Gasteiger partial charge in [0.15, 0.2) is 0 Å². The zero-order valence-corrected chi connectivity index (χ0v) is 6.99. The summed E-state index contributed by atoms with van der Waals surface area (Å²) >= 11 is 1.82. The van der Waals surface area contributed by atoms with Crippen LogP contribution in [0.5, 0.6) is 0 Å². The Balaban J connectivity index is 1.78. The molecule has 1 atom stereocenters. The lowest BCUT2D eigenvalue weighted by atomic mass is 10.0. The van der Waals surface area contributed by atoms with Crippen LogP contribution < -0.4 is 5.32 Å². The van der Waals surface area contributed by atoms with E-state index in [-0.39, 0.29) is 5.91 Å². The Kier molecular flexibility index (Phi) is 1.85. The monoisotopic (exact) mass is 170 g/mol. The van der Waals surface area contributed by atoms with Gasteiger partial charge in [-0.3, -0.25) is 9.79 Å². The summed E-state index contributed by atoms with van der Waals surface area (Å²) in [6.45, 7) is 0.959. The fourth-order valence-electron chi connectivity index (χ4n) is 1.27. The third-order valence-corrected chi connectivity index (χ3v) is 2.88. The van der Waals surface area contributed by atoms with E-state index in [0.717, 1.165) is 18.7 Å². The van der Waals surface area contributed by atoms with Crippen molar-refractivity contribution in [2.45, 2.75) is 18.9 Å². The summed E-state index contributed by atoms with van der Waals surface area (Å²) in [5.41, 5.74) is 0. The summed E-state index contributed by atoms with van der Waals surface area (Å²) in [6.07, 6.45) is 1.65. The van der Waals surface area contributed by atoms with Crippen molar-refractivity contribution in [2.75, 3.05) is 12.3 Å². The highest BCUT2D eigenvalue weighted by molar-refractivity contribution is 8.14. The molecule has 1 saturated heterocycles. The Morgan fingerprint density at radius 1 is 1.73 bits per heavy atom. The van der Waals surface area contributed by atoms with Gasteiger partial charge in [-0.05, 0) is 0 Å². The number of hydrogen-bond donors (Lipinski definition) is 1. The summed E-state index contributed by atoms with van der Waals surface area (Å²) in [7, 11) is 0. The molecule has 1 fully saturated rings. The maximum Gasteiger partial charge on any atom is 0.222 e. The smallest absolute Gasteiger partial charge is 0.222 e. The molecule has 0 aliphatic carbocycles. The van der Waals surface area contributed by atoms with Gasteiger partial charge in [-0.15, -0.1) is 11.8 Å². The Morgan fingerprint density at radius 3 is 3.09 bits per heavy atom. The number of aliphatic imine (C=N–C) groups is 1. The zero-order valence-electron chi connectivity index (χ0n) is 6.17. The van der Waals surface area contributed by atoms with Crippen LogP contribution in [0.15, 0.2) is 4.99 Å². The van der Waals surface area contributed by atoms with E-state index < -0.39 is 0 Å². The summed E-state index contributed by atoms with van der Waals surface area (Å²) in [4.78, 5) is 14.8. The summed E-state index contributed by atoms with van der Waals surface area (Å²) in [6, 6.07) is 0.381. The Hall–Kier alpha value is -0.510. The molecular weight excluding hydrogens is 160 g/mol. The maximum atomic E-state index is 10.5. The molecule has 0 aromatic heterocycles. The van der Waals surface area contributed by atoms with Crippen LogP contribution in [0.4, 0.5) is 0 Å². The zero-order chi connectivity index (χ0) is 7.68. The molecule has 2 heterocycles. The van der Waals surface area contributed by atoms with E-state index in [4.69, 9.17) is 0 Å². The average Bonchev–Trinajstić information content (AvgIpc) is 2.36. The molecule has 0 radical (unpaired) electrons. The van der Waals surface area contributed by atoms with E-state index >= 15 is 0 Å². The van der Waals surface area contributed by atoms with E-state index in [1.54, 1.807) is 0 Å². The molecule has 0 bridgehead atoms. The van der Waals surface area contributed by atoms with Crippen molar-refractivity contribution in [3.63, 3.8) is 0 Å². The number of rotatable bonds is 2. The van der Waals surface area contributed by atoms with Gasteiger partial charge in [0.05, 0.1) is 5.04 Å². The van der Waals surface area contributed by atoms with Gasteiger partial charge >= 0.3 is 0 Å². The molecule has 1 unspecified atom stereocenters. The third-order valence-electron chi connectivity index (χ3n) is 1.87. The quantitative estimate of drug-likeness (QED) is 0.610. The molecule has 4 heteroatoms. The molecule has 1 N–H and O–H groups in total. The number of carbonyl (C=O) groups is 1. The van der Waals surface area contributed by atoms with E-state index in [1.165, 1.54) is 5.04 Å². The molecule has 11 heavy (non-hydrogen) atoms. The lowest BCUT2D eigenvalue weighted by molar-refractivity contribution is -0.127. The number of hydrogen-bond acceptors (Lipinski definition) is 3. The summed E-state index contributed by atoms with van der Waals surface area (Å²) in [5.74, 6) is 1.30. The number of nitrogens with zero attached hydrogens (tertiary/aromatic N) is 1. The highest BCUT2D eigenvalue weighted by atomic mass is 32.2. The van der Waals surface area contributed by atoms with Gasteiger partial charge in [0.2, 0.25) is 5.91 Å². The summed E-state index contributed by atoms with van der Waals surface area (Å²) in [5, 5.41) is 4.05. The van der Waals surface area contributed by atoms with Gasteiger partial charge in [-0.25, -0.2) is 0 Å². The van der Waals surface area contributed by atoms with Crippen molar-refractivity contribution in [3.8, 4) is 0 Å². The van der Waals surface area contributed by atoms with Crippen molar-refractivity contribution in [1.82, 2.24) is 5.32 Å². The number of carbonyl (C=O) groups excluding carboxylic acids is 1. The van der Waals surface area contributed by atoms with Crippen LogP contribution in [0.2, 0.25) is 0 Å². The molecular formula is C7H10N2OS. The second kappa shape index (κ2) is 2.85. The van der Waals surface area contributed by atoms with Gasteiger partial charge in [-0.2, -0.15) is 0 Å². The van der Waals surface area contributed by atoms with Gasteiger partial charge in [0.25, 0.3) is 0 Å². The van der Waals surface area contributed by atoms with Crippen molar-refractivity contribution in [2.24, 2.45) is 4.99 Å². The van der Waals surface area contributed by atoms with Crippen molar-refractivity contribution in [3.05, 3.63) is 0 Å². The standard InChI is InChI=1S/C7H10N2OS/c10-6-3-5(9-6)4-7-8-1-2-11-7/h5H,1-4H2,(H,9,10). The molecule has 0 spiro atoms. The molecule has 0 saturated carbocycles. The highest BCUT2D eigenvalue weighted by Gasteiger charge is 2.26. The molecule has 0 aromatic carbocycles. The van der Waals surface area contributed by atoms with Crippen LogP contribution in [-0.4, -0.2) is 29.3 Å².